The van der Waals surface area contributed by atoms with E-state index in [2.05, 4.69) is 5.32 Å². The molecule has 1 fully saturated rings. The fourth-order valence-electron chi connectivity index (χ4n) is 2.36. The minimum atomic E-state index is -0.941. The number of carboxylic acid groups (broad SMARTS) is 1. The Bertz CT molecular complexity index is 401. The highest BCUT2D eigenvalue weighted by molar-refractivity contribution is 5.85. The number of nitrogens with zero attached hydrogens (tertiary/aromatic N) is 1. The number of carboxylic acids is 1. The summed E-state index contributed by atoms with van der Waals surface area (Å²) in [5.74, 6) is -1.25. The van der Waals surface area contributed by atoms with Gasteiger partial charge >= 0.3 is 5.97 Å². The molecule has 21 heavy (non-hydrogen) atoms. The van der Waals surface area contributed by atoms with Gasteiger partial charge in [0.1, 0.15) is 6.04 Å². The molecule has 1 unspecified atom stereocenters. The third kappa shape index (κ3) is 5.36. The fraction of sp³-hybridized carbons (Fsp3) is 0.800. The lowest BCUT2D eigenvalue weighted by Crippen LogP contribution is -2.46. The Kier molecular flexibility index (Phi) is 6.18. The smallest absolute Gasteiger partial charge is 0.326 e. The van der Waals surface area contributed by atoms with Gasteiger partial charge in [0.15, 0.2) is 0 Å². The maximum atomic E-state index is 12.2. The normalized spacial score (nSPS) is 19.8. The number of amides is 2. The van der Waals surface area contributed by atoms with Crippen LogP contribution in [0.25, 0.3) is 0 Å². The number of hydrogen-bond acceptors (Lipinski definition) is 3. The highest BCUT2D eigenvalue weighted by Gasteiger charge is 2.30. The summed E-state index contributed by atoms with van der Waals surface area (Å²) in [7, 11) is 0. The highest BCUT2D eigenvalue weighted by Crippen LogP contribution is 2.18. The summed E-state index contributed by atoms with van der Waals surface area (Å²) in [6.07, 6.45) is 3.28. The van der Waals surface area contributed by atoms with Gasteiger partial charge in [-0.05, 0) is 12.8 Å². The zero-order valence-electron chi connectivity index (χ0n) is 13.1. The van der Waals surface area contributed by atoms with Gasteiger partial charge in [-0.2, -0.15) is 0 Å². The summed E-state index contributed by atoms with van der Waals surface area (Å²) in [5.41, 5.74) is -0.491. The summed E-state index contributed by atoms with van der Waals surface area (Å²) < 4.78 is 0. The van der Waals surface area contributed by atoms with Gasteiger partial charge in [-0.25, -0.2) is 4.79 Å². The molecular formula is C15H26N2O4. The van der Waals surface area contributed by atoms with Gasteiger partial charge in [-0.1, -0.05) is 33.6 Å². The average Bonchev–Trinajstić information content (AvgIpc) is 2.62. The van der Waals surface area contributed by atoms with Crippen LogP contribution in [0.1, 0.15) is 52.9 Å². The minimum absolute atomic E-state index is 0.110. The molecule has 120 valence electrons. The molecule has 0 aliphatic carbocycles. The minimum Gasteiger partial charge on any atom is -0.480 e. The van der Waals surface area contributed by atoms with E-state index in [1.807, 2.05) is 0 Å². The second-order valence-electron chi connectivity index (χ2n) is 6.55. The van der Waals surface area contributed by atoms with E-state index in [1.54, 1.807) is 20.8 Å². The van der Waals surface area contributed by atoms with Gasteiger partial charge in [0.25, 0.3) is 0 Å². The summed E-state index contributed by atoms with van der Waals surface area (Å²) >= 11 is 0. The van der Waals surface area contributed by atoms with Gasteiger partial charge in [-0.3, -0.25) is 9.59 Å². The Labute approximate surface area is 125 Å². The molecule has 0 aromatic rings. The molecule has 1 aliphatic rings. The van der Waals surface area contributed by atoms with E-state index in [4.69, 9.17) is 0 Å². The predicted molar refractivity (Wildman–Crippen MR) is 78.7 cm³/mol. The number of rotatable bonds is 4. The summed E-state index contributed by atoms with van der Waals surface area (Å²) in [6, 6.07) is -0.724. The molecule has 6 heteroatoms. The molecule has 6 nitrogen and oxygen atoms in total. The third-order valence-electron chi connectivity index (χ3n) is 3.66. The predicted octanol–water partition coefficient (Wildman–Crippen LogP) is 1.39. The monoisotopic (exact) mass is 298 g/mol. The largest absolute Gasteiger partial charge is 0.480 e. The van der Waals surface area contributed by atoms with Crippen molar-refractivity contribution in [1.29, 1.82) is 0 Å². The quantitative estimate of drug-likeness (QED) is 0.821. The van der Waals surface area contributed by atoms with E-state index in [9.17, 15) is 19.5 Å². The summed E-state index contributed by atoms with van der Waals surface area (Å²) in [5, 5.41) is 12.0. The zero-order valence-corrected chi connectivity index (χ0v) is 13.1. The van der Waals surface area contributed by atoms with Crippen molar-refractivity contribution in [3.05, 3.63) is 0 Å². The Morgan fingerprint density at radius 2 is 1.86 bits per heavy atom. The first-order chi connectivity index (χ1) is 9.73. The Balaban J connectivity index is 2.52. The molecule has 0 radical (unpaired) electrons. The molecule has 1 heterocycles. The maximum Gasteiger partial charge on any atom is 0.326 e. The van der Waals surface area contributed by atoms with E-state index in [-0.39, 0.29) is 24.8 Å². The highest BCUT2D eigenvalue weighted by atomic mass is 16.4. The first-order valence-electron chi connectivity index (χ1n) is 7.54. The molecule has 2 N–H and O–H groups in total. The first kappa shape index (κ1) is 17.5. The Morgan fingerprint density at radius 1 is 1.19 bits per heavy atom. The van der Waals surface area contributed by atoms with Crippen molar-refractivity contribution in [3.8, 4) is 0 Å². The van der Waals surface area contributed by atoms with E-state index in [0.29, 0.717) is 13.0 Å². The number of aliphatic carboxylic acids is 1. The van der Waals surface area contributed by atoms with Crippen LogP contribution < -0.4 is 5.32 Å². The lowest BCUT2D eigenvalue weighted by molar-refractivity contribution is -0.150. The molecule has 1 atom stereocenters. The lowest BCUT2D eigenvalue weighted by Gasteiger charge is -2.27. The topological polar surface area (TPSA) is 86.7 Å². The third-order valence-corrected chi connectivity index (χ3v) is 3.66. The van der Waals surface area contributed by atoms with Crippen molar-refractivity contribution >= 4 is 17.8 Å². The van der Waals surface area contributed by atoms with Gasteiger partial charge in [0, 0.05) is 24.9 Å². The van der Waals surface area contributed by atoms with Gasteiger partial charge in [-0.15, -0.1) is 0 Å². The van der Waals surface area contributed by atoms with E-state index in [1.165, 1.54) is 4.90 Å². The molecule has 1 saturated heterocycles. The molecule has 1 aliphatic heterocycles. The SMILES string of the molecule is CC(C)(C)C(=O)NCCC(=O)N1CCCCCC1C(=O)O. The van der Waals surface area contributed by atoms with Crippen LogP contribution in [0.4, 0.5) is 0 Å². The van der Waals surface area contributed by atoms with Crippen LogP contribution >= 0.6 is 0 Å². The van der Waals surface area contributed by atoms with Gasteiger partial charge in [0.2, 0.25) is 11.8 Å². The number of hydrogen-bond donors (Lipinski definition) is 2. The number of likely N-dealkylation sites (tertiary alicyclic amines) is 1. The molecule has 0 aromatic heterocycles. The van der Waals surface area contributed by atoms with E-state index < -0.39 is 17.4 Å². The summed E-state index contributed by atoms with van der Waals surface area (Å²) in [4.78, 5) is 36.7. The van der Waals surface area contributed by atoms with E-state index >= 15 is 0 Å². The summed E-state index contributed by atoms with van der Waals surface area (Å²) in [6.45, 7) is 6.15. The molecule has 0 spiro atoms. The van der Waals surface area contributed by atoms with Crippen LogP contribution in [0, 0.1) is 5.41 Å². The maximum absolute atomic E-state index is 12.2. The standard InChI is InChI=1S/C15H26N2O4/c1-15(2,3)14(21)16-9-8-12(18)17-10-6-4-5-7-11(17)13(19)20/h11H,4-10H2,1-3H3,(H,16,21)(H,19,20). The van der Waals surface area contributed by atoms with Crippen LogP contribution in [0.5, 0.6) is 0 Å². The van der Waals surface area contributed by atoms with Crippen LogP contribution in [-0.4, -0.2) is 46.9 Å². The second kappa shape index (κ2) is 7.43. The fourth-order valence-corrected chi connectivity index (χ4v) is 2.36. The van der Waals surface area contributed by atoms with Crippen LogP contribution in [0.3, 0.4) is 0 Å². The van der Waals surface area contributed by atoms with E-state index in [0.717, 1.165) is 19.3 Å². The Hall–Kier alpha value is -1.59. The van der Waals surface area contributed by atoms with Crippen LogP contribution in [0.15, 0.2) is 0 Å². The van der Waals surface area contributed by atoms with Gasteiger partial charge < -0.3 is 15.3 Å². The average molecular weight is 298 g/mol. The van der Waals surface area contributed by atoms with Gasteiger partial charge in [0.05, 0.1) is 0 Å². The molecule has 0 bridgehead atoms. The number of carbonyl (C=O) groups is 3. The van der Waals surface area contributed by atoms with Crippen LogP contribution in [-0.2, 0) is 14.4 Å². The molecule has 0 saturated carbocycles. The van der Waals surface area contributed by atoms with Crippen molar-refractivity contribution in [2.45, 2.75) is 58.9 Å². The molecular weight excluding hydrogens is 272 g/mol. The van der Waals surface area contributed by atoms with Crippen molar-refractivity contribution in [2.24, 2.45) is 5.41 Å². The first-order valence-corrected chi connectivity index (χ1v) is 7.54. The second-order valence-corrected chi connectivity index (χ2v) is 6.55. The van der Waals surface area contributed by atoms with Crippen LogP contribution in [0.2, 0.25) is 0 Å². The molecule has 2 amide bonds. The molecule has 1 rings (SSSR count). The van der Waals surface area contributed by atoms with Crippen molar-refractivity contribution in [1.82, 2.24) is 10.2 Å². The zero-order chi connectivity index (χ0) is 16.0. The van der Waals surface area contributed by atoms with Crippen molar-refractivity contribution in [2.75, 3.05) is 13.1 Å². The van der Waals surface area contributed by atoms with Crippen molar-refractivity contribution < 1.29 is 19.5 Å². The van der Waals surface area contributed by atoms with Crippen molar-refractivity contribution in [3.63, 3.8) is 0 Å². The Morgan fingerprint density at radius 3 is 2.43 bits per heavy atom. The number of carbonyl (C=O) groups excluding carboxylic acids is 2. The number of nitrogens with one attached hydrogen (secondary N) is 1. The molecule has 0 aromatic carbocycles. The lowest BCUT2D eigenvalue weighted by atomic mass is 9.96.